The fourth-order valence-electron chi connectivity index (χ4n) is 1.08. The van der Waals surface area contributed by atoms with Gasteiger partial charge in [-0.05, 0) is 5.41 Å². The maximum Gasteiger partial charge on any atom is 0.242 e. The van der Waals surface area contributed by atoms with E-state index in [-0.39, 0.29) is 17.2 Å². The Hall–Kier alpha value is -1.06. The highest BCUT2D eigenvalue weighted by Crippen LogP contribution is 2.19. The van der Waals surface area contributed by atoms with E-state index < -0.39 is 6.04 Å². The molecule has 0 bridgehead atoms. The lowest BCUT2D eigenvalue weighted by Gasteiger charge is -2.29. The van der Waals surface area contributed by atoms with Gasteiger partial charge in [0.1, 0.15) is 6.04 Å². The zero-order valence-electron chi connectivity index (χ0n) is 9.60. The summed E-state index contributed by atoms with van der Waals surface area (Å²) >= 11 is 0. The highest BCUT2D eigenvalue weighted by atomic mass is 16.2. The molecule has 0 aromatic carbocycles. The number of rotatable bonds is 3. The van der Waals surface area contributed by atoms with E-state index in [4.69, 9.17) is 0 Å². The maximum atomic E-state index is 11.5. The summed E-state index contributed by atoms with van der Waals surface area (Å²) < 4.78 is 0. The van der Waals surface area contributed by atoms with Crippen LogP contribution in [0.3, 0.4) is 0 Å². The van der Waals surface area contributed by atoms with Crippen LogP contribution in [-0.4, -0.2) is 24.9 Å². The second-order valence-electron chi connectivity index (χ2n) is 4.33. The fourth-order valence-corrected chi connectivity index (χ4v) is 1.08. The fraction of sp³-hybridized carbons (Fsp3) is 0.800. The third-order valence-corrected chi connectivity index (χ3v) is 2.00. The molecule has 4 heteroatoms. The van der Waals surface area contributed by atoms with Gasteiger partial charge in [-0.2, -0.15) is 0 Å². The van der Waals surface area contributed by atoms with Crippen molar-refractivity contribution >= 4 is 11.8 Å². The molecule has 0 spiro atoms. The van der Waals surface area contributed by atoms with Crippen LogP contribution in [-0.2, 0) is 9.59 Å². The Kier molecular flexibility index (Phi) is 4.60. The van der Waals surface area contributed by atoms with Gasteiger partial charge in [0.2, 0.25) is 11.8 Å². The van der Waals surface area contributed by atoms with E-state index in [1.165, 1.54) is 0 Å². The first-order valence-electron chi connectivity index (χ1n) is 4.83. The number of nitrogens with one attached hydrogen (secondary N) is 2. The molecule has 0 aromatic rings. The minimum atomic E-state index is -0.472. The van der Waals surface area contributed by atoms with Crippen LogP contribution < -0.4 is 10.6 Å². The van der Waals surface area contributed by atoms with Gasteiger partial charge in [-0.3, -0.25) is 9.59 Å². The molecule has 4 nitrogen and oxygen atoms in total. The van der Waals surface area contributed by atoms with Crippen LogP contribution in [0.5, 0.6) is 0 Å². The topological polar surface area (TPSA) is 58.2 Å². The first kappa shape index (κ1) is 12.9. The Morgan fingerprint density at radius 1 is 1.29 bits per heavy atom. The van der Waals surface area contributed by atoms with Crippen LogP contribution >= 0.6 is 0 Å². The van der Waals surface area contributed by atoms with E-state index in [2.05, 4.69) is 10.6 Å². The summed E-state index contributed by atoms with van der Waals surface area (Å²) in [6.45, 7) is 7.52. The minimum absolute atomic E-state index is 0.103. The van der Waals surface area contributed by atoms with Crippen molar-refractivity contribution in [3.63, 3.8) is 0 Å². The largest absolute Gasteiger partial charge is 0.357 e. The molecule has 14 heavy (non-hydrogen) atoms. The van der Waals surface area contributed by atoms with Gasteiger partial charge >= 0.3 is 0 Å². The normalized spacial score (nSPS) is 13.2. The molecule has 0 rings (SSSR count). The molecule has 0 aromatic heterocycles. The molecule has 1 atom stereocenters. The zero-order valence-corrected chi connectivity index (χ0v) is 9.60. The van der Waals surface area contributed by atoms with Crippen molar-refractivity contribution in [2.75, 3.05) is 7.05 Å². The molecule has 0 saturated heterocycles. The van der Waals surface area contributed by atoms with Gasteiger partial charge in [-0.1, -0.05) is 27.7 Å². The van der Waals surface area contributed by atoms with Crippen LogP contribution in [0.1, 0.15) is 34.1 Å². The molecule has 0 radical (unpaired) electrons. The molecule has 0 aliphatic carbocycles. The number of amides is 2. The van der Waals surface area contributed by atoms with Crippen molar-refractivity contribution in [1.82, 2.24) is 10.6 Å². The number of carbonyl (C=O) groups excluding carboxylic acids is 2. The molecule has 0 unspecified atom stereocenters. The van der Waals surface area contributed by atoms with E-state index in [0.29, 0.717) is 6.42 Å². The lowest BCUT2D eigenvalue weighted by atomic mass is 9.86. The minimum Gasteiger partial charge on any atom is -0.357 e. The van der Waals surface area contributed by atoms with Crippen LogP contribution in [0.15, 0.2) is 0 Å². The Bertz CT molecular complexity index is 219. The molecule has 0 fully saturated rings. The molecule has 0 heterocycles. The molecule has 2 N–H and O–H groups in total. The molecule has 82 valence electrons. The Labute approximate surface area is 85.4 Å². The number of hydrogen-bond donors (Lipinski definition) is 2. The Balaban J connectivity index is 4.58. The van der Waals surface area contributed by atoms with Gasteiger partial charge in [-0.25, -0.2) is 0 Å². The maximum absolute atomic E-state index is 11.5. The average molecular weight is 200 g/mol. The number of carbonyl (C=O) groups is 2. The molecular weight excluding hydrogens is 180 g/mol. The van der Waals surface area contributed by atoms with Crippen molar-refractivity contribution in [3.05, 3.63) is 0 Å². The second-order valence-corrected chi connectivity index (χ2v) is 4.33. The second kappa shape index (κ2) is 4.98. The highest BCUT2D eigenvalue weighted by Gasteiger charge is 2.31. The molecule has 0 aliphatic heterocycles. The first-order chi connectivity index (χ1) is 6.32. The van der Waals surface area contributed by atoms with Crippen LogP contribution in [0, 0.1) is 5.41 Å². The average Bonchev–Trinajstić information content (AvgIpc) is 2.10. The first-order valence-corrected chi connectivity index (χ1v) is 4.83. The standard InChI is InChI=1S/C10H20N2O2/c1-6-7(13)12-8(9(14)11-5)10(2,3)4/h8H,6H2,1-5H3,(H,11,14)(H,12,13)/t8-/m1/s1. The summed E-state index contributed by atoms with van der Waals surface area (Å²) in [6, 6.07) is -0.472. The predicted octanol–water partition coefficient (Wildman–Crippen LogP) is 0.673. The van der Waals surface area contributed by atoms with Crippen molar-refractivity contribution in [2.45, 2.75) is 40.2 Å². The van der Waals surface area contributed by atoms with Gasteiger partial charge < -0.3 is 10.6 Å². The van der Waals surface area contributed by atoms with E-state index in [1.54, 1.807) is 14.0 Å². The number of hydrogen-bond acceptors (Lipinski definition) is 2. The highest BCUT2D eigenvalue weighted by molar-refractivity contribution is 5.87. The number of likely N-dealkylation sites (N-methyl/N-ethyl adjacent to an activating group) is 1. The Morgan fingerprint density at radius 3 is 2.07 bits per heavy atom. The zero-order chi connectivity index (χ0) is 11.4. The van der Waals surface area contributed by atoms with Gasteiger partial charge in [0, 0.05) is 13.5 Å². The van der Waals surface area contributed by atoms with Crippen molar-refractivity contribution in [1.29, 1.82) is 0 Å². The van der Waals surface area contributed by atoms with Gasteiger partial charge in [0.05, 0.1) is 0 Å². The summed E-state index contributed by atoms with van der Waals surface area (Å²) in [5, 5.41) is 5.25. The van der Waals surface area contributed by atoms with E-state index >= 15 is 0 Å². The van der Waals surface area contributed by atoms with Gasteiger partial charge in [0.25, 0.3) is 0 Å². The SMILES string of the molecule is CCC(=O)N[C@H](C(=O)NC)C(C)(C)C. The lowest BCUT2D eigenvalue weighted by molar-refractivity contribution is -0.131. The Morgan fingerprint density at radius 2 is 1.79 bits per heavy atom. The van der Waals surface area contributed by atoms with E-state index in [0.717, 1.165) is 0 Å². The summed E-state index contributed by atoms with van der Waals surface area (Å²) in [4.78, 5) is 22.7. The van der Waals surface area contributed by atoms with Gasteiger partial charge in [-0.15, -0.1) is 0 Å². The summed E-state index contributed by atoms with van der Waals surface area (Å²) in [7, 11) is 1.57. The van der Waals surface area contributed by atoms with Gasteiger partial charge in [0.15, 0.2) is 0 Å². The van der Waals surface area contributed by atoms with E-state index in [9.17, 15) is 9.59 Å². The van der Waals surface area contributed by atoms with Crippen molar-refractivity contribution < 1.29 is 9.59 Å². The predicted molar refractivity (Wildman–Crippen MR) is 55.7 cm³/mol. The molecule has 0 saturated carbocycles. The molecule has 2 amide bonds. The molecular formula is C10H20N2O2. The summed E-state index contributed by atoms with van der Waals surface area (Å²) in [5.74, 6) is -0.257. The van der Waals surface area contributed by atoms with Crippen LogP contribution in [0.25, 0.3) is 0 Å². The van der Waals surface area contributed by atoms with Crippen molar-refractivity contribution in [3.8, 4) is 0 Å². The third-order valence-electron chi connectivity index (χ3n) is 2.00. The van der Waals surface area contributed by atoms with Crippen molar-refractivity contribution in [2.24, 2.45) is 5.41 Å². The quantitative estimate of drug-likeness (QED) is 0.703. The van der Waals surface area contributed by atoms with Crippen LogP contribution in [0.4, 0.5) is 0 Å². The summed E-state index contributed by atoms with van der Waals surface area (Å²) in [6.07, 6.45) is 0.392. The molecule has 0 aliphatic rings. The van der Waals surface area contributed by atoms with E-state index in [1.807, 2.05) is 20.8 Å². The smallest absolute Gasteiger partial charge is 0.242 e. The van der Waals surface area contributed by atoms with Crippen LogP contribution in [0.2, 0.25) is 0 Å². The third kappa shape index (κ3) is 3.77. The lowest BCUT2D eigenvalue weighted by Crippen LogP contribution is -2.52. The monoisotopic (exact) mass is 200 g/mol. The summed E-state index contributed by atoms with van der Waals surface area (Å²) in [5.41, 5.74) is -0.273.